The first-order chi connectivity index (χ1) is 8.60. The van der Waals surface area contributed by atoms with Gasteiger partial charge in [-0.3, -0.25) is 9.59 Å². The Morgan fingerprint density at radius 3 is 2.61 bits per heavy atom. The molecule has 2 unspecified atom stereocenters. The number of nitrogens with zero attached hydrogens (tertiary/aromatic N) is 1. The number of amides is 1. The van der Waals surface area contributed by atoms with E-state index < -0.39 is 0 Å². The summed E-state index contributed by atoms with van der Waals surface area (Å²) in [5.41, 5.74) is 0. The highest BCUT2D eigenvalue weighted by Gasteiger charge is 2.34. The number of hydrogen-bond acceptors (Lipinski definition) is 4. The SMILES string of the molecule is CCCN(CC(=O)OCC)C(=O)C1CCOC1C. The standard InChI is InChI=1S/C13H23NO4/c1-4-7-14(9-12(15)17-5-2)13(16)11-6-8-18-10(11)3/h10-11H,4-9H2,1-3H3. The molecule has 18 heavy (non-hydrogen) atoms. The molecule has 1 aliphatic heterocycles. The molecule has 0 radical (unpaired) electrons. The molecule has 1 fully saturated rings. The molecule has 0 saturated carbocycles. The summed E-state index contributed by atoms with van der Waals surface area (Å²) < 4.78 is 10.3. The zero-order valence-corrected chi connectivity index (χ0v) is 11.5. The molecule has 5 nitrogen and oxygen atoms in total. The summed E-state index contributed by atoms with van der Waals surface area (Å²) in [7, 11) is 0. The predicted molar refractivity (Wildman–Crippen MR) is 67.0 cm³/mol. The Hall–Kier alpha value is -1.10. The minimum absolute atomic E-state index is 0.00917. The molecular formula is C13H23NO4. The number of hydrogen-bond donors (Lipinski definition) is 0. The normalized spacial score (nSPS) is 22.8. The summed E-state index contributed by atoms with van der Waals surface area (Å²) in [6.45, 7) is 7.25. The molecule has 0 spiro atoms. The fraction of sp³-hybridized carbons (Fsp3) is 0.846. The highest BCUT2D eigenvalue weighted by molar-refractivity contribution is 5.84. The van der Waals surface area contributed by atoms with Crippen LogP contribution >= 0.6 is 0 Å². The summed E-state index contributed by atoms with van der Waals surface area (Å²) in [6.07, 6.45) is 1.51. The fourth-order valence-corrected chi connectivity index (χ4v) is 2.19. The lowest BCUT2D eigenvalue weighted by Gasteiger charge is -2.25. The smallest absolute Gasteiger partial charge is 0.325 e. The van der Waals surface area contributed by atoms with Gasteiger partial charge in [0.25, 0.3) is 0 Å². The van der Waals surface area contributed by atoms with Crippen LogP contribution in [0.1, 0.15) is 33.6 Å². The number of rotatable bonds is 6. The van der Waals surface area contributed by atoms with E-state index in [1.807, 2.05) is 13.8 Å². The molecule has 1 aliphatic rings. The molecule has 0 aromatic heterocycles. The predicted octanol–water partition coefficient (Wildman–Crippen LogP) is 1.21. The number of carbonyl (C=O) groups excluding carboxylic acids is 2. The van der Waals surface area contributed by atoms with Crippen molar-refractivity contribution in [1.29, 1.82) is 0 Å². The van der Waals surface area contributed by atoms with Crippen molar-refractivity contribution in [1.82, 2.24) is 4.90 Å². The van der Waals surface area contributed by atoms with Crippen LogP contribution in [-0.4, -0.2) is 49.2 Å². The second kappa shape index (κ2) is 7.36. The maximum Gasteiger partial charge on any atom is 0.325 e. The molecule has 1 amide bonds. The second-order valence-electron chi connectivity index (χ2n) is 4.54. The van der Waals surface area contributed by atoms with Crippen LogP contribution in [0.3, 0.4) is 0 Å². The van der Waals surface area contributed by atoms with Crippen molar-refractivity contribution in [3.63, 3.8) is 0 Å². The monoisotopic (exact) mass is 257 g/mol. The third-order valence-corrected chi connectivity index (χ3v) is 3.12. The highest BCUT2D eigenvalue weighted by atomic mass is 16.5. The largest absolute Gasteiger partial charge is 0.465 e. The second-order valence-corrected chi connectivity index (χ2v) is 4.54. The number of ether oxygens (including phenoxy) is 2. The third-order valence-electron chi connectivity index (χ3n) is 3.12. The third kappa shape index (κ3) is 3.98. The van der Waals surface area contributed by atoms with Crippen molar-refractivity contribution in [3.05, 3.63) is 0 Å². The van der Waals surface area contributed by atoms with Crippen LogP contribution in [-0.2, 0) is 19.1 Å². The van der Waals surface area contributed by atoms with Gasteiger partial charge < -0.3 is 14.4 Å². The first kappa shape index (κ1) is 15.0. The van der Waals surface area contributed by atoms with E-state index in [-0.39, 0.29) is 30.4 Å². The van der Waals surface area contributed by atoms with E-state index in [0.29, 0.717) is 19.8 Å². The summed E-state index contributed by atoms with van der Waals surface area (Å²) in [5.74, 6) is -0.452. The van der Waals surface area contributed by atoms with Gasteiger partial charge in [0, 0.05) is 13.2 Å². The van der Waals surface area contributed by atoms with E-state index in [1.165, 1.54) is 0 Å². The molecule has 0 N–H and O–H groups in total. The zero-order chi connectivity index (χ0) is 13.5. The van der Waals surface area contributed by atoms with E-state index >= 15 is 0 Å². The molecule has 1 saturated heterocycles. The number of carbonyl (C=O) groups is 2. The van der Waals surface area contributed by atoms with Crippen LogP contribution in [0.5, 0.6) is 0 Å². The molecule has 0 aliphatic carbocycles. The van der Waals surface area contributed by atoms with Gasteiger partial charge >= 0.3 is 5.97 Å². The fourth-order valence-electron chi connectivity index (χ4n) is 2.19. The van der Waals surface area contributed by atoms with Crippen LogP contribution in [0.4, 0.5) is 0 Å². The van der Waals surface area contributed by atoms with Crippen LogP contribution in [0, 0.1) is 5.92 Å². The molecule has 1 rings (SSSR count). The van der Waals surface area contributed by atoms with Gasteiger partial charge in [0.05, 0.1) is 18.6 Å². The van der Waals surface area contributed by atoms with Crippen molar-refractivity contribution in [2.75, 3.05) is 26.3 Å². The van der Waals surface area contributed by atoms with Crippen molar-refractivity contribution < 1.29 is 19.1 Å². The Morgan fingerprint density at radius 2 is 2.11 bits per heavy atom. The van der Waals surface area contributed by atoms with Gasteiger partial charge in [-0.2, -0.15) is 0 Å². The van der Waals surface area contributed by atoms with E-state index in [4.69, 9.17) is 9.47 Å². The van der Waals surface area contributed by atoms with Gasteiger partial charge in [-0.15, -0.1) is 0 Å². The first-order valence-corrected chi connectivity index (χ1v) is 6.66. The van der Waals surface area contributed by atoms with E-state index in [1.54, 1.807) is 11.8 Å². The van der Waals surface area contributed by atoms with Crippen molar-refractivity contribution in [3.8, 4) is 0 Å². The maximum atomic E-state index is 12.3. The summed E-state index contributed by atoms with van der Waals surface area (Å²) >= 11 is 0. The summed E-state index contributed by atoms with van der Waals surface area (Å²) in [4.78, 5) is 25.4. The minimum atomic E-state index is -0.342. The molecule has 0 aromatic carbocycles. The van der Waals surface area contributed by atoms with Crippen LogP contribution in [0.25, 0.3) is 0 Å². The minimum Gasteiger partial charge on any atom is -0.465 e. The van der Waals surface area contributed by atoms with Crippen LogP contribution in [0.2, 0.25) is 0 Å². The molecular weight excluding hydrogens is 234 g/mol. The Balaban J connectivity index is 2.59. The molecule has 104 valence electrons. The van der Waals surface area contributed by atoms with E-state index in [0.717, 1.165) is 12.8 Å². The van der Waals surface area contributed by atoms with Crippen molar-refractivity contribution >= 4 is 11.9 Å². The van der Waals surface area contributed by atoms with E-state index in [2.05, 4.69) is 0 Å². The van der Waals surface area contributed by atoms with Crippen LogP contribution < -0.4 is 0 Å². The van der Waals surface area contributed by atoms with Gasteiger partial charge in [0.1, 0.15) is 6.54 Å². The van der Waals surface area contributed by atoms with Gasteiger partial charge in [0.15, 0.2) is 0 Å². The number of esters is 1. The Labute approximate surface area is 108 Å². The van der Waals surface area contributed by atoms with Gasteiger partial charge in [0.2, 0.25) is 5.91 Å². The Morgan fingerprint density at radius 1 is 1.39 bits per heavy atom. The first-order valence-electron chi connectivity index (χ1n) is 6.66. The van der Waals surface area contributed by atoms with Gasteiger partial charge in [-0.05, 0) is 26.7 Å². The van der Waals surface area contributed by atoms with Crippen LogP contribution in [0.15, 0.2) is 0 Å². The lowest BCUT2D eigenvalue weighted by molar-refractivity contribution is -0.150. The quantitative estimate of drug-likeness (QED) is 0.671. The molecule has 0 bridgehead atoms. The van der Waals surface area contributed by atoms with E-state index in [9.17, 15) is 9.59 Å². The topological polar surface area (TPSA) is 55.8 Å². The summed E-state index contributed by atoms with van der Waals surface area (Å²) in [5, 5.41) is 0. The Kier molecular flexibility index (Phi) is 6.12. The van der Waals surface area contributed by atoms with Gasteiger partial charge in [-0.25, -0.2) is 0 Å². The molecule has 5 heteroatoms. The summed E-state index contributed by atoms with van der Waals surface area (Å²) in [6, 6.07) is 0. The molecule has 1 heterocycles. The average Bonchev–Trinajstić information content (AvgIpc) is 2.74. The lowest BCUT2D eigenvalue weighted by atomic mass is 10.0. The lowest BCUT2D eigenvalue weighted by Crippen LogP contribution is -2.42. The molecule has 2 atom stereocenters. The van der Waals surface area contributed by atoms with Crippen molar-refractivity contribution in [2.24, 2.45) is 5.92 Å². The Bertz CT molecular complexity index is 293. The maximum absolute atomic E-state index is 12.3. The molecule has 0 aromatic rings. The highest BCUT2D eigenvalue weighted by Crippen LogP contribution is 2.22. The van der Waals surface area contributed by atoms with Crippen molar-refractivity contribution in [2.45, 2.75) is 39.7 Å². The van der Waals surface area contributed by atoms with Gasteiger partial charge in [-0.1, -0.05) is 6.92 Å². The zero-order valence-electron chi connectivity index (χ0n) is 11.5. The average molecular weight is 257 g/mol.